The first-order chi connectivity index (χ1) is 10.0. The van der Waals surface area contributed by atoms with Gasteiger partial charge in [0.2, 0.25) is 5.91 Å². The Bertz CT molecular complexity index is 646. The van der Waals surface area contributed by atoms with Crippen LogP contribution in [0.25, 0.3) is 0 Å². The summed E-state index contributed by atoms with van der Waals surface area (Å²) in [6.45, 7) is 2.59. The van der Waals surface area contributed by atoms with E-state index in [1.165, 1.54) is 18.2 Å². The molecule has 21 heavy (non-hydrogen) atoms. The van der Waals surface area contributed by atoms with E-state index in [1.54, 1.807) is 0 Å². The molecule has 0 bridgehead atoms. The van der Waals surface area contributed by atoms with Gasteiger partial charge in [-0.1, -0.05) is 41.4 Å². The Morgan fingerprint density at radius 3 is 2.76 bits per heavy atom. The van der Waals surface area contributed by atoms with Crippen molar-refractivity contribution in [2.24, 2.45) is 0 Å². The summed E-state index contributed by atoms with van der Waals surface area (Å²) in [7, 11) is 0. The highest BCUT2D eigenvalue weighted by molar-refractivity contribution is 6.31. The topological polar surface area (TPSA) is 41.1 Å². The van der Waals surface area contributed by atoms with E-state index in [1.807, 2.05) is 31.2 Å². The molecule has 0 aliphatic rings. The number of benzene rings is 2. The van der Waals surface area contributed by atoms with E-state index >= 15 is 0 Å². The van der Waals surface area contributed by atoms with Crippen LogP contribution in [-0.4, -0.2) is 12.5 Å². The molecule has 0 aliphatic carbocycles. The highest BCUT2D eigenvalue weighted by Gasteiger charge is 2.04. The van der Waals surface area contributed by atoms with E-state index in [0.29, 0.717) is 12.2 Å². The summed E-state index contributed by atoms with van der Waals surface area (Å²) >= 11 is 5.67. The van der Waals surface area contributed by atoms with E-state index in [-0.39, 0.29) is 17.5 Å². The molecule has 0 spiro atoms. The summed E-state index contributed by atoms with van der Waals surface area (Å²) in [6.07, 6.45) is 0. The van der Waals surface area contributed by atoms with Gasteiger partial charge in [-0.25, -0.2) is 4.39 Å². The minimum Gasteiger partial charge on any atom is -0.376 e. The number of aryl methyl sites for hydroxylation is 1. The summed E-state index contributed by atoms with van der Waals surface area (Å²) in [5, 5.41) is 5.74. The Morgan fingerprint density at radius 2 is 2.05 bits per heavy atom. The van der Waals surface area contributed by atoms with Crippen molar-refractivity contribution in [2.45, 2.75) is 13.5 Å². The third-order valence-electron chi connectivity index (χ3n) is 2.94. The number of amides is 1. The second-order valence-electron chi connectivity index (χ2n) is 4.75. The van der Waals surface area contributed by atoms with E-state index in [0.717, 1.165) is 11.1 Å². The maximum Gasteiger partial charge on any atom is 0.239 e. The minimum absolute atomic E-state index is 0.0279. The number of hydrogen-bond donors (Lipinski definition) is 2. The third-order valence-corrected chi connectivity index (χ3v) is 3.23. The fraction of sp³-hybridized carbons (Fsp3) is 0.188. The normalized spacial score (nSPS) is 10.2. The van der Waals surface area contributed by atoms with Gasteiger partial charge in [0.15, 0.2) is 0 Å². The monoisotopic (exact) mass is 306 g/mol. The number of hydrogen-bond acceptors (Lipinski definition) is 2. The predicted molar refractivity (Wildman–Crippen MR) is 82.9 cm³/mol. The lowest BCUT2D eigenvalue weighted by Crippen LogP contribution is -2.29. The van der Waals surface area contributed by atoms with Gasteiger partial charge in [-0.05, 0) is 30.7 Å². The second-order valence-corrected chi connectivity index (χ2v) is 5.16. The van der Waals surface area contributed by atoms with Crippen molar-refractivity contribution in [3.63, 3.8) is 0 Å². The molecule has 0 fully saturated rings. The molecule has 2 aromatic carbocycles. The van der Waals surface area contributed by atoms with Crippen molar-refractivity contribution in [1.29, 1.82) is 0 Å². The van der Waals surface area contributed by atoms with Gasteiger partial charge in [0, 0.05) is 12.2 Å². The number of halogens is 2. The van der Waals surface area contributed by atoms with Gasteiger partial charge < -0.3 is 10.6 Å². The van der Waals surface area contributed by atoms with E-state index < -0.39 is 5.82 Å². The number of anilines is 1. The van der Waals surface area contributed by atoms with Gasteiger partial charge in [-0.15, -0.1) is 0 Å². The highest BCUT2D eigenvalue weighted by Crippen LogP contribution is 2.18. The summed E-state index contributed by atoms with van der Waals surface area (Å²) in [5.41, 5.74) is 2.81. The molecule has 3 nitrogen and oxygen atoms in total. The predicted octanol–water partition coefficient (Wildman–Crippen LogP) is 3.52. The number of carbonyl (C=O) groups is 1. The van der Waals surface area contributed by atoms with E-state index in [9.17, 15) is 9.18 Å². The lowest BCUT2D eigenvalue weighted by atomic mass is 10.1. The first kappa shape index (κ1) is 15.3. The molecule has 1 amide bonds. The van der Waals surface area contributed by atoms with E-state index in [2.05, 4.69) is 10.6 Å². The first-order valence-electron chi connectivity index (χ1n) is 6.56. The number of carbonyl (C=O) groups excluding carboxylic acids is 1. The van der Waals surface area contributed by atoms with Crippen molar-refractivity contribution in [3.05, 3.63) is 64.4 Å². The van der Waals surface area contributed by atoms with Crippen molar-refractivity contribution in [1.82, 2.24) is 5.32 Å². The molecule has 0 aliphatic heterocycles. The van der Waals surface area contributed by atoms with Gasteiger partial charge >= 0.3 is 0 Å². The van der Waals surface area contributed by atoms with Crippen LogP contribution < -0.4 is 10.6 Å². The van der Waals surface area contributed by atoms with Crippen LogP contribution in [0, 0.1) is 12.7 Å². The average molecular weight is 307 g/mol. The third kappa shape index (κ3) is 4.76. The van der Waals surface area contributed by atoms with Crippen LogP contribution in [0.3, 0.4) is 0 Å². The van der Waals surface area contributed by atoms with Crippen molar-refractivity contribution >= 4 is 23.2 Å². The second kappa shape index (κ2) is 7.09. The summed E-state index contributed by atoms with van der Waals surface area (Å²) in [4.78, 5) is 11.7. The van der Waals surface area contributed by atoms with Gasteiger partial charge in [0.1, 0.15) is 5.82 Å². The van der Waals surface area contributed by atoms with Crippen LogP contribution in [0.15, 0.2) is 42.5 Å². The maximum atomic E-state index is 13.0. The standard InChI is InChI=1S/C16H16ClFN2O/c1-11-3-2-4-12(7-11)9-20-16(21)10-19-13-5-6-15(18)14(17)8-13/h2-8,19H,9-10H2,1H3,(H,20,21). The Labute approximate surface area is 128 Å². The molecule has 0 atom stereocenters. The number of rotatable bonds is 5. The summed E-state index contributed by atoms with van der Waals surface area (Å²) in [5.74, 6) is -0.622. The van der Waals surface area contributed by atoms with Gasteiger partial charge in [-0.2, -0.15) is 0 Å². The molecule has 0 heterocycles. The van der Waals surface area contributed by atoms with Crippen molar-refractivity contribution in [3.8, 4) is 0 Å². The zero-order chi connectivity index (χ0) is 15.2. The Hall–Kier alpha value is -2.07. The highest BCUT2D eigenvalue weighted by atomic mass is 35.5. The molecule has 5 heteroatoms. The molecule has 0 saturated heterocycles. The molecule has 0 saturated carbocycles. The molecule has 2 rings (SSSR count). The van der Waals surface area contributed by atoms with Gasteiger partial charge in [0.25, 0.3) is 0 Å². The van der Waals surface area contributed by atoms with Crippen LogP contribution >= 0.6 is 11.6 Å². The maximum absolute atomic E-state index is 13.0. The van der Waals surface area contributed by atoms with Crippen LogP contribution in [-0.2, 0) is 11.3 Å². The summed E-state index contributed by atoms with van der Waals surface area (Å²) in [6, 6.07) is 12.2. The SMILES string of the molecule is Cc1cccc(CNC(=O)CNc2ccc(F)c(Cl)c2)c1. The van der Waals surface area contributed by atoms with Crippen molar-refractivity contribution in [2.75, 3.05) is 11.9 Å². The van der Waals surface area contributed by atoms with E-state index in [4.69, 9.17) is 11.6 Å². The Balaban J connectivity index is 1.80. The van der Waals surface area contributed by atoms with Gasteiger partial charge in [-0.3, -0.25) is 4.79 Å². The molecule has 0 unspecified atom stereocenters. The fourth-order valence-corrected chi connectivity index (χ4v) is 2.05. The van der Waals surface area contributed by atoms with Crippen LogP contribution in [0.4, 0.5) is 10.1 Å². The van der Waals surface area contributed by atoms with Crippen molar-refractivity contribution < 1.29 is 9.18 Å². The zero-order valence-electron chi connectivity index (χ0n) is 11.6. The minimum atomic E-state index is -0.480. The Kier molecular flexibility index (Phi) is 5.17. The lowest BCUT2D eigenvalue weighted by molar-refractivity contribution is -0.119. The quantitative estimate of drug-likeness (QED) is 0.887. The molecule has 2 N–H and O–H groups in total. The smallest absolute Gasteiger partial charge is 0.239 e. The fourth-order valence-electron chi connectivity index (χ4n) is 1.87. The Morgan fingerprint density at radius 1 is 1.24 bits per heavy atom. The number of nitrogens with one attached hydrogen (secondary N) is 2. The zero-order valence-corrected chi connectivity index (χ0v) is 12.4. The van der Waals surface area contributed by atoms with Gasteiger partial charge in [0.05, 0.1) is 11.6 Å². The molecular weight excluding hydrogens is 291 g/mol. The lowest BCUT2D eigenvalue weighted by Gasteiger charge is -2.09. The largest absolute Gasteiger partial charge is 0.376 e. The van der Waals surface area contributed by atoms with Crippen LogP contribution in [0.2, 0.25) is 5.02 Å². The summed E-state index contributed by atoms with van der Waals surface area (Å²) < 4.78 is 13.0. The van der Waals surface area contributed by atoms with Crippen LogP contribution in [0.1, 0.15) is 11.1 Å². The molecule has 2 aromatic rings. The average Bonchev–Trinajstić information content (AvgIpc) is 2.46. The molecule has 0 radical (unpaired) electrons. The first-order valence-corrected chi connectivity index (χ1v) is 6.93. The molecule has 0 aromatic heterocycles. The molecule has 110 valence electrons. The van der Waals surface area contributed by atoms with Crippen LogP contribution in [0.5, 0.6) is 0 Å². The molecular formula is C16H16ClFN2O.